The zero-order valence-corrected chi connectivity index (χ0v) is 40.3. The standard InChI is InChI=1S/C46H97N2O5PS2/c1-5-7-9-11-13-19-25-33-45(55-43-31-39-49)35-27-21-15-17-23-29-41-52-54(51,47-37-38-48(3)4)53-42-30-24-18-16-22-28-36-46(56-44-32-40-50)34-26-20-14-12-10-8-6-2/h45-46,49-50H,5-44H2,1-4H3,(H,47,51). The second kappa shape index (κ2) is 45.2. The first-order chi connectivity index (χ1) is 27.4. The molecular formula is C46H97N2O5PS2. The van der Waals surface area contributed by atoms with Crippen LogP contribution in [0.25, 0.3) is 0 Å². The molecule has 0 aliphatic carbocycles. The van der Waals surface area contributed by atoms with Crippen LogP contribution in [0, 0.1) is 0 Å². The second-order valence-corrected chi connectivity index (χ2v) is 21.3. The molecular weight excluding hydrogens is 756 g/mol. The number of hydrogen-bond donors (Lipinski definition) is 3. The molecule has 0 aliphatic heterocycles. The largest absolute Gasteiger partial charge is 0.405 e. The highest BCUT2D eigenvalue weighted by Gasteiger charge is 2.24. The number of hydrogen-bond acceptors (Lipinski definition) is 8. The summed E-state index contributed by atoms with van der Waals surface area (Å²) in [5.41, 5.74) is 0. The van der Waals surface area contributed by atoms with Gasteiger partial charge in [-0.2, -0.15) is 23.5 Å². The summed E-state index contributed by atoms with van der Waals surface area (Å²) in [6, 6.07) is 0. The Morgan fingerprint density at radius 1 is 0.500 bits per heavy atom. The van der Waals surface area contributed by atoms with Crippen LogP contribution in [0.1, 0.15) is 219 Å². The Morgan fingerprint density at radius 3 is 1.14 bits per heavy atom. The van der Waals surface area contributed by atoms with Crippen LogP contribution in [-0.2, 0) is 13.6 Å². The van der Waals surface area contributed by atoms with E-state index in [1.807, 2.05) is 14.1 Å². The highest BCUT2D eigenvalue weighted by Crippen LogP contribution is 2.44. The Labute approximate surface area is 358 Å². The fraction of sp³-hybridized carbons (Fsp3) is 1.00. The number of aliphatic hydroxyl groups excluding tert-OH is 2. The minimum absolute atomic E-state index is 0.308. The van der Waals surface area contributed by atoms with Crippen LogP contribution in [0.15, 0.2) is 0 Å². The average molecular weight is 853 g/mol. The van der Waals surface area contributed by atoms with Crippen molar-refractivity contribution < 1.29 is 23.8 Å². The average Bonchev–Trinajstić information content (AvgIpc) is 3.18. The Hall–Kier alpha value is 0.690. The van der Waals surface area contributed by atoms with E-state index in [-0.39, 0.29) is 0 Å². The van der Waals surface area contributed by atoms with Crippen molar-refractivity contribution in [1.82, 2.24) is 9.99 Å². The van der Waals surface area contributed by atoms with Crippen molar-refractivity contribution in [2.24, 2.45) is 0 Å². The SMILES string of the molecule is CCCCCCCCCC(CCCCCCCCOP(=O)(NCCN(C)C)OCCCCCCCCC(CCCCCCCCC)SCCCO)SCCCO. The summed E-state index contributed by atoms with van der Waals surface area (Å²) in [7, 11) is 0.738. The summed E-state index contributed by atoms with van der Waals surface area (Å²) in [6.07, 6.45) is 40.4. The second-order valence-electron chi connectivity index (χ2n) is 16.7. The summed E-state index contributed by atoms with van der Waals surface area (Å²) in [6.45, 7) is 7.51. The van der Waals surface area contributed by atoms with Crippen LogP contribution in [0.4, 0.5) is 0 Å². The van der Waals surface area contributed by atoms with E-state index < -0.39 is 7.75 Å². The van der Waals surface area contributed by atoms with E-state index in [4.69, 9.17) is 9.05 Å². The molecule has 0 saturated heterocycles. The Bertz CT molecular complexity index is 762. The maximum Gasteiger partial charge on any atom is 0.405 e. The van der Waals surface area contributed by atoms with Crippen molar-refractivity contribution >= 4 is 31.3 Å². The van der Waals surface area contributed by atoms with Gasteiger partial charge in [0, 0.05) is 36.8 Å². The van der Waals surface area contributed by atoms with Gasteiger partial charge in [-0.1, -0.05) is 168 Å². The van der Waals surface area contributed by atoms with Crippen LogP contribution in [0.3, 0.4) is 0 Å². The maximum atomic E-state index is 13.6. The van der Waals surface area contributed by atoms with Crippen molar-refractivity contribution in [3.63, 3.8) is 0 Å². The third-order valence-electron chi connectivity index (χ3n) is 10.8. The van der Waals surface area contributed by atoms with Gasteiger partial charge >= 0.3 is 7.75 Å². The summed E-state index contributed by atoms with van der Waals surface area (Å²) >= 11 is 4.18. The van der Waals surface area contributed by atoms with Crippen LogP contribution in [0.2, 0.25) is 0 Å². The van der Waals surface area contributed by atoms with Gasteiger partial charge in [-0.15, -0.1) is 0 Å². The van der Waals surface area contributed by atoms with Gasteiger partial charge in [0.25, 0.3) is 0 Å². The maximum absolute atomic E-state index is 13.6. The number of thioether (sulfide) groups is 2. The van der Waals surface area contributed by atoms with Crippen molar-refractivity contribution in [3.05, 3.63) is 0 Å². The molecule has 0 aromatic heterocycles. The summed E-state index contributed by atoms with van der Waals surface area (Å²) in [5.74, 6) is 2.17. The minimum atomic E-state index is -3.31. The van der Waals surface area contributed by atoms with Crippen molar-refractivity contribution in [3.8, 4) is 0 Å². The lowest BCUT2D eigenvalue weighted by atomic mass is 10.0. The van der Waals surface area contributed by atoms with Crippen LogP contribution in [0.5, 0.6) is 0 Å². The molecule has 0 bridgehead atoms. The van der Waals surface area contributed by atoms with Gasteiger partial charge in [0.2, 0.25) is 0 Å². The van der Waals surface area contributed by atoms with Crippen LogP contribution in [-0.4, -0.2) is 90.7 Å². The van der Waals surface area contributed by atoms with Gasteiger partial charge in [-0.05, 0) is 77.0 Å². The number of unbranched alkanes of at least 4 members (excludes halogenated alkanes) is 22. The van der Waals surface area contributed by atoms with Crippen molar-refractivity contribution in [2.75, 3.05) is 65.1 Å². The normalized spacial score (nSPS) is 14.1. The third kappa shape index (κ3) is 41.4. The highest BCUT2D eigenvalue weighted by atomic mass is 32.2. The molecule has 56 heavy (non-hydrogen) atoms. The zero-order valence-electron chi connectivity index (χ0n) is 37.8. The predicted molar refractivity (Wildman–Crippen MR) is 252 cm³/mol. The Kier molecular flexibility index (Phi) is 45.8. The Balaban J connectivity index is 4.26. The summed E-state index contributed by atoms with van der Waals surface area (Å²) < 4.78 is 25.4. The molecule has 0 aromatic rings. The van der Waals surface area contributed by atoms with Gasteiger partial charge in [0.1, 0.15) is 0 Å². The molecule has 2 atom stereocenters. The third-order valence-corrected chi connectivity index (χ3v) is 15.4. The number of aliphatic hydroxyl groups is 2. The van der Waals surface area contributed by atoms with Gasteiger partial charge in [0.15, 0.2) is 0 Å². The molecule has 338 valence electrons. The molecule has 3 N–H and O–H groups in total. The zero-order chi connectivity index (χ0) is 41.1. The number of likely N-dealkylation sites (N-methyl/N-ethyl adjacent to an activating group) is 1. The molecule has 2 unspecified atom stereocenters. The molecule has 7 nitrogen and oxygen atoms in total. The quantitative estimate of drug-likeness (QED) is 0.0409. The molecule has 0 heterocycles. The van der Waals surface area contributed by atoms with Crippen LogP contribution >= 0.6 is 31.3 Å². The molecule has 0 amide bonds. The molecule has 0 fully saturated rings. The monoisotopic (exact) mass is 853 g/mol. The molecule has 0 radical (unpaired) electrons. The lowest BCUT2D eigenvalue weighted by Gasteiger charge is -2.20. The first kappa shape index (κ1) is 56.7. The van der Waals surface area contributed by atoms with Gasteiger partial charge < -0.3 is 15.1 Å². The van der Waals surface area contributed by atoms with E-state index in [0.29, 0.717) is 33.0 Å². The van der Waals surface area contributed by atoms with E-state index >= 15 is 0 Å². The van der Waals surface area contributed by atoms with E-state index in [9.17, 15) is 14.8 Å². The van der Waals surface area contributed by atoms with E-state index in [1.54, 1.807) is 0 Å². The summed E-state index contributed by atoms with van der Waals surface area (Å²) in [5, 5.41) is 23.1. The molecule has 0 rings (SSSR count). The minimum Gasteiger partial charge on any atom is -0.396 e. The fourth-order valence-electron chi connectivity index (χ4n) is 7.18. The first-order valence-electron chi connectivity index (χ1n) is 24.1. The number of nitrogens with zero attached hydrogens (tertiary/aromatic N) is 1. The topological polar surface area (TPSA) is 91.3 Å². The molecule has 10 heteroatoms. The number of nitrogens with one attached hydrogen (secondary N) is 1. The number of rotatable bonds is 48. The first-order valence-corrected chi connectivity index (χ1v) is 27.8. The lowest BCUT2D eigenvalue weighted by molar-refractivity contribution is 0.188. The van der Waals surface area contributed by atoms with E-state index in [1.165, 1.54) is 167 Å². The van der Waals surface area contributed by atoms with Crippen LogP contribution < -0.4 is 5.09 Å². The molecule has 0 spiro atoms. The van der Waals surface area contributed by atoms with E-state index in [2.05, 4.69) is 47.4 Å². The summed E-state index contributed by atoms with van der Waals surface area (Å²) in [4.78, 5) is 2.08. The predicted octanol–water partition coefficient (Wildman–Crippen LogP) is 14.0. The van der Waals surface area contributed by atoms with Crippen molar-refractivity contribution in [2.45, 2.75) is 230 Å². The Morgan fingerprint density at radius 2 is 0.821 bits per heavy atom. The van der Waals surface area contributed by atoms with Gasteiger partial charge in [0.05, 0.1) is 13.2 Å². The lowest BCUT2D eigenvalue weighted by Crippen LogP contribution is -2.26. The molecule has 0 aromatic carbocycles. The van der Waals surface area contributed by atoms with Gasteiger partial charge in [-0.3, -0.25) is 9.05 Å². The molecule has 0 saturated carbocycles. The fourth-order valence-corrected chi connectivity index (χ4v) is 11.1. The van der Waals surface area contributed by atoms with Crippen molar-refractivity contribution in [1.29, 1.82) is 0 Å². The van der Waals surface area contributed by atoms with Gasteiger partial charge in [-0.25, -0.2) is 9.65 Å². The highest BCUT2D eigenvalue weighted by molar-refractivity contribution is 8.00. The smallest absolute Gasteiger partial charge is 0.396 e. The molecule has 0 aliphatic rings. The van der Waals surface area contributed by atoms with E-state index in [0.717, 1.165) is 67.1 Å².